The third-order valence-corrected chi connectivity index (χ3v) is 4.61. The standard InChI is InChI=1S/C20H25N7O2/c1-11(2)18(29)24-15-7-5-6-14(8-15)10-22-17(28)9-16-12(3)23-20-25-19(21)26-27(20)13(16)4/h5-8,11H,9-10H2,1-4H3,(H2,21,26)(H,22,28)(H,24,29). The van der Waals surface area contributed by atoms with Gasteiger partial charge < -0.3 is 16.4 Å². The van der Waals surface area contributed by atoms with Crippen LogP contribution in [0.1, 0.15) is 36.4 Å². The Balaban J connectivity index is 1.66. The summed E-state index contributed by atoms with van der Waals surface area (Å²) in [6.07, 6.45) is 0.171. The molecule has 2 aromatic heterocycles. The number of nitrogen functional groups attached to an aromatic ring is 1. The third-order valence-electron chi connectivity index (χ3n) is 4.61. The van der Waals surface area contributed by atoms with Crippen LogP contribution in [0.3, 0.4) is 0 Å². The van der Waals surface area contributed by atoms with Crippen molar-refractivity contribution >= 4 is 29.2 Å². The Morgan fingerprint density at radius 3 is 2.69 bits per heavy atom. The highest BCUT2D eigenvalue weighted by Gasteiger charge is 2.15. The van der Waals surface area contributed by atoms with E-state index < -0.39 is 0 Å². The predicted molar refractivity (Wildman–Crippen MR) is 110 cm³/mol. The van der Waals surface area contributed by atoms with Gasteiger partial charge >= 0.3 is 0 Å². The van der Waals surface area contributed by atoms with Crippen molar-refractivity contribution in [1.82, 2.24) is 24.9 Å². The minimum absolute atomic E-state index is 0.0474. The van der Waals surface area contributed by atoms with Crippen LogP contribution in [0.25, 0.3) is 5.78 Å². The fourth-order valence-corrected chi connectivity index (χ4v) is 2.95. The Morgan fingerprint density at radius 1 is 1.21 bits per heavy atom. The number of amides is 2. The van der Waals surface area contributed by atoms with Gasteiger partial charge in [0.25, 0.3) is 5.78 Å². The summed E-state index contributed by atoms with van der Waals surface area (Å²) in [7, 11) is 0. The minimum atomic E-state index is -0.137. The van der Waals surface area contributed by atoms with Crippen molar-refractivity contribution in [3.05, 3.63) is 46.8 Å². The zero-order valence-electron chi connectivity index (χ0n) is 17.0. The molecule has 0 aliphatic carbocycles. The maximum absolute atomic E-state index is 12.5. The largest absolute Gasteiger partial charge is 0.366 e. The predicted octanol–water partition coefficient (Wildman–Crippen LogP) is 1.78. The lowest BCUT2D eigenvalue weighted by molar-refractivity contribution is -0.121. The molecular weight excluding hydrogens is 370 g/mol. The van der Waals surface area contributed by atoms with Crippen LogP contribution in [-0.2, 0) is 22.6 Å². The number of anilines is 2. The number of hydrogen-bond donors (Lipinski definition) is 3. The lowest BCUT2D eigenvalue weighted by Crippen LogP contribution is -2.26. The van der Waals surface area contributed by atoms with Crippen LogP contribution in [0.5, 0.6) is 0 Å². The van der Waals surface area contributed by atoms with Crippen LogP contribution in [-0.4, -0.2) is 31.4 Å². The number of benzene rings is 1. The summed E-state index contributed by atoms with van der Waals surface area (Å²) in [6.45, 7) is 7.72. The lowest BCUT2D eigenvalue weighted by Gasteiger charge is -2.12. The molecule has 0 aliphatic heterocycles. The normalized spacial score (nSPS) is 11.1. The average molecular weight is 395 g/mol. The van der Waals surface area contributed by atoms with Gasteiger partial charge in [0.2, 0.25) is 17.8 Å². The zero-order valence-corrected chi connectivity index (χ0v) is 17.0. The van der Waals surface area contributed by atoms with E-state index in [1.165, 1.54) is 0 Å². The van der Waals surface area contributed by atoms with Crippen LogP contribution in [0.2, 0.25) is 0 Å². The van der Waals surface area contributed by atoms with Gasteiger partial charge in [-0.15, -0.1) is 5.10 Å². The number of carbonyl (C=O) groups is 2. The van der Waals surface area contributed by atoms with Crippen molar-refractivity contribution in [2.75, 3.05) is 11.1 Å². The Labute approximate surface area is 168 Å². The lowest BCUT2D eigenvalue weighted by atomic mass is 10.1. The molecule has 2 amide bonds. The first-order valence-corrected chi connectivity index (χ1v) is 9.39. The van der Waals surface area contributed by atoms with E-state index in [1.807, 2.05) is 52.0 Å². The molecule has 29 heavy (non-hydrogen) atoms. The van der Waals surface area contributed by atoms with Crippen LogP contribution >= 0.6 is 0 Å². The molecule has 4 N–H and O–H groups in total. The second kappa shape index (κ2) is 8.26. The summed E-state index contributed by atoms with van der Waals surface area (Å²) in [5, 5.41) is 9.88. The van der Waals surface area contributed by atoms with Gasteiger partial charge in [-0.05, 0) is 31.5 Å². The molecule has 0 radical (unpaired) electrons. The molecule has 0 spiro atoms. The molecule has 3 rings (SSSR count). The maximum atomic E-state index is 12.5. The summed E-state index contributed by atoms with van der Waals surface area (Å²) in [4.78, 5) is 32.8. The van der Waals surface area contributed by atoms with Crippen molar-refractivity contribution in [2.24, 2.45) is 5.92 Å². The van der Waals surface area contributed by atoms with Gasteiger partial charge in [0.1, 0.15) is 0 Å². The van der Waals surface area contributed by atoms with E-state index in [1.54, 1.807) is 4.52 Å². The summed E-state index contributed by atoms with van der Waals surface area (Å²) in [5.74, 6) is 0.278. The second-order valence-electron chi connectivity index (χ2n) is 7.24. The first-order chi connectivity index (χ1) is 13.7. The molecule has 0 bridgehead atoms. The van der Waals surface area contributed by atoms with Gasteiger partial charge in [-0.1, -0.05) is 26.0 Å². The third kappa shape index (κ3) is 4.68. The zero-order chi connectivity index (χ0) is 21.1. The summed E-state index contributed by atoms with van der Waals surface area (Å²) in [5.41, 5.74) is 9.54. The Bertz CT molecular complexity index is 1070. The highest BCUT2D eigenvalue weighted by atomic mass is 16.2. The molecule has 9 nitrogen and oxygen atoms in total. The smallest absolute Gasteiger partial charge is 0.254 e. The van der Waals surface area contributed by atoms with E-state index in [2.05, 4.69) is 25.7 Å². The Hall–Kier alpha value is -3.49. The first-order valence-electron chi connectivity index (χ1n) is 9.39. The van der Waals surface area contributed by atoms with Crippen LogP contribution in [0.15, 0.2) is 24.3 Å². The highest BCUT2D eigenvalue weighted by Crippen LogP contribution is 2.15. The van der Waals surface area contributed by atoms with Gasteiger partial charge in [0.05, 0.1) is 6.42 Å². The first kappa shape index (κ1) is 20.2. The second-order valence-corrected chi connectivity index (χ2v) is 7.24. The summed E-state index contributed by atoms with van der Waals surface area (Å²) in [6, 6.07) is 7.41. The van der Waals surface area contributed by atoms with E-state index in [0.29, 0.717) is 18.0 Å². The summed E-state index contributed by atoms with van der Waals surface area (Å²) < 4.78 is 1.55. The highest BCUT2D eigenvalue weighted by molar-refractivity contribution is 5.92. The van der Waals surface area contributed by atoms with E-state index in [-0.39, 0.29) is 30.1 Å². The van der Waals surface area contributed by atoms with Gasteiger partial charge in [-0.25, -0.2) is 4.98 Å². The number of nitrogens with two attached hydrogens (primary N) is 1. The molecule has 0 unspecified atom stereocenters. The maximum Gasteiger partial charge on any atom is 0.254 e. The Kier molecular flexibility index (Phi) is 5.76. The van der Waals surface area contributed by atoms with Gasteiger partial charge in [0, 0.05) is 35.1 Å². The molecule has 0 saturated carbocycles. The molecule has 0 aliphatic rings. The van der Waals surface area contributed by atoms with E-state index in [9.17, 15) is 9.59 Å². The number of aromatic nitrogens is 4. The number of carbonyl (C=O) groups excluding carboxylic acids is 2. The van der Waals surface area contributed by atoms with E-state index >= 15 is 0 Å². The van der Waals surface area contributed by atoms with Crippen LogP contribution in [0, 0.1) is 19.8 Å². The monoisotopic (exact) mass is 395 g/mol. The quantitative estimate of drug-likeness (QED) is 0.584. The van der Waals surface area contributed by atoms with E-state index in [0.717, 1.165) is 22.5 Å². The fraction of sp³-hybridized carbons (Fsp3) is 0.350. The average Bonchev–Trinajstić information content (AvgIpc) is 3.04. The number of aryl methyl sites for hydroxylation is 2. The fourth-order valence-electron chi connectivity index (χ4n) is 2.95. The molecule has 9 heteroatoms. The molecule has 1 aromatic carbocycles. The molecule has 0 atom stereocenters. The number of fused-ring (bicyclic) bond motifs is 1. The molecular formula is C20H25N7O2. The number of hydrogen-bond acceptors (Lipinski definition) is 6. The minimum Gasteiger partial charge on any atom is -0.366 e. The van der Waals surface area contributed by atoms with Crippen LogP contribution in [0.4, 0.5) is 11.6 Å². The van der Waals surface area contributed by atoms with Crippen molar-refractivity contribution in [2.45, 2.75) is 40.7 Å². The Morgan fingerprint density at radius 2 is 1.97 bits per heavy atom. The van der Waals surface area contributed by atoms with Crippen molar-refractivity contribution in [3.63, 3.8) is 0 Å². The van der Waals surface area contributed by atoms with E-state index in [4.69, 9.17) is 5.73 Å². The van der Waals surface area contributed by atoms with Crippen molar-refractivity contribution in [3.8, 4) is 0 Å². The van der Waals surface area contributed by atoms with Gasteiger partial charge in [0.15, 0.2) is 0 Å². The topological polar surface area (TPSA) is 127 Å². The molecule has 3 aromatic rings. The number of nitrogens with one attached hydrogen (secondary N) is 2. The molecule has 0 saturated heterocycles. The van der Waals surface area contributed by atoms with Gasteiger partial charge in [-0.2, -0.15) is 9.50 Å². The van der Waals surface area contributed by atoms with Crippen molar-refractivity contribution < 1.29 is 9.59 Å². The van der Waals surface area contributed by atoms with Gasteiger partial charge in [-0.3, -0.25) is 9.59 Å². The van der Waals surface area contributed by atoms with Crippen molar-refractivity contribution in [1.29, 1.82) is 0 Å². The summed E-state index contributed by atoms with van der Waals surface area (Å²) >= 11 is 0. The SMILES string of the molecule is Cc1nc2nc(N)nn2c(C)c1CC(=O)NCc1cccc(NC(=O)C(C)C)c1. The number of rotatable bonds is 6. The molecule has 0 fully saturated rings. The number of nitrogens with zero attached hydrogens (tertiary/aromatic N) is 4. The molecule has 2 heterocycles. The molecule has 152 valence electrons. The van der Waals surface area contributed by atoms with Crippen LogP contribution < -0.4 is 16.4 Å².